The van der Waals surface area contributed by atoms with E-state index in [4.69, 9.17) is 10.5 Å². The van der Waals surface area contributed by atoms with Gasteiger partial charge in [-0.05, 0) is 30.9 Å². The molecular formula is C15H20N2O3. The highest BCUT2D eigenvalue weighted by Crippen LogP contribution is 2.44. The van der Waals surface area contributed by atoms with Crippen LogP contribution in [0.4, 0.5) is 5.69 Å². The molecule has 0 aromatic heterocycles. The summed E-state index contributed by atoms with van der Waals surface area (Å²) in [4.78, 5) is 13.6. The zero-order chi connectivity index (χ0) is 14.2. The molecule has 0 bridgehead atoms. The van der Waals surface area contributed by atoms with E-state index in [-0.39, 0.29) is 5.91 Å². The van der Waals surface area contributed by atoms with E-state index in [0.717, 1.165) is 12.8 Å². The first kappa shape index (κ1) is 13.2. The van der Waals surface area contributed by atoms with Crippen molar-refractivity contribution >= 4 is 11.6 Å². The van der Waals surface area contributed by atoms with Crippen LogP contribution in [0.5, 0.6) is 5.75 Å². The zero-order valence-corrected chi connectivity index (χ0v) is 11.4. The number of ether oxygens (including phenoxy) is 1. The Kier molecular flexibility index (Phi) is 3.30. The van der Waals surface area contributed by atoms with Crippen molar-refractivity contribution in [2.75, 3.05) is 25.4 Å². The first-order chi connectivity index (χ1) is 9.58. The number of para-hydroxylation sites is 2. The lowest BCUT2D eigenvalue weighted by atomic mass is 9.88. The number of benzene rings is 1. The number of hydrogen-bond donors (Lipinski definition) is 2. The summed E-state index contributed by atoms with van der Waals surface area (Å²) in [5.41, 5.74) is 5.72. The van der Waals surface area contributed by atoms with Gasteiger partial charge < -0.3 is 20.5 Å². The standard InChI is InChI=1S/C15H20N2O3/c16-12-3-1-2-4-13(12)20-8-7-14(18)17-9-15(19,10-17)11-5-6-11/h1-4,11,19H,5-10,16H2. The molecule has 5 heteroatoms. The van der Waals surface area contributed by atoms with Crippen molar-refractivity contribution in [2.24, 2.45) is 5.92 Å². The number of amides is 1. The lowest BCUT2D eigenvalue weighted by Crippen LogP contribution is -2.64. The van der Waals surface area contributed by atoms with Gasteiger partial charge in [0.15, 0.2) is 0 Å². The Morgan fingerprint density at radius 2 is 2.10 bits per heavy atom. The molecule has 5 nitrogen and oxygen atoms in total. The fourth-order valence-electron chi connectivity index (χ4n) is 2.69. The summed E-state index contributed by atoms with van der Waals surface area (Å²) in [6.45, 7) is 1.26. The van der Waals surface area contributed by atoms with Crippen LogP contribution >= 0.6 is 0 Å². The SMILES string of the molecule is Nc1ccccc1OCCC(=O)N1CC(O)(C2CC2)C1. The second-order valence-corrected chi connectivity index (χ2v) is 5.76. The largest absolute Gasteiger partial charge is 0.491 e. The van der Waals surface area contributed by atoms with Gasteiger partial charge in [0.25, 0.3) is 0 Å². The van der Waals surface area contributed by atoms with Crippen molar-refractivity contribution in [1.29, 1.82) is 0 Å². The Bertz CT molecular complexity index is 508. The second kappa shape index (κ2) is 4.98. The molecule has 0 radical (unpaired) electrons. The Morgan fingerprint density at radius 1 is 1.40 bits per heavy atom. The van der Waals surface area contributed by atoms with E-state index in [0.29, 0.717) is 43.5 Å². The summed E-state index contributed by atoms with van der Waals surface area (Å²) in [5, 5.41) is 10.2. The van der Waals surface area contributed by atoms with Crippen molar-refractivity contribution in [3.8, 4) is 5.75 Å². The van der Waals surface area contributed by atoms with Crippen LogP contribution in [0.15, 0.2) is 24.3 Å². The van der Waals surface area contributed by atoms with Crippen LogP contribution in [-0.4, -0.2) is 41.2 Å². The molecular weight excluding hydrogens is 256 g/mol. The number of β-amino-alcohol motifs (C(OH)–C–C–N with tert-alkyl or cyclic N) is 1. The monoisotopic (exact) mass is 276 g/mol. The smallest absolute Gasteiger partial charge is 0.226 e. The quantitative estimate of drug-likeness (QED) is 0.787. The van der Waals surface area contributed by atoms with Gasteiger partial charge in [0, 0.05) is 0 Å². The van der Waals surface area contributed by atoms with E-state index in [1.807, 2.05) is 12.1 Å². The lowest BCUT2D eigenvalue weighted by Gasteiger charge is -2.47. The minimum atomic E-state index is -0.611. The number of carbonyl (C=O) groups is 1. The van der Waals surface area contributed by atoms with Crippen LogP contribution in [0, 0.1) is 5.92 Å². The molecule has 0 spiro atoms. The Hall–Kier alpha value is -1.75. The van der Waals surface area contributed by atoms with Crippen LogP contribution in [0.3, 0.4) is 0 Å². The number of anilines is 1. The Labute approximate surface area is 118 Å². The third kappa shape index (κ3) is 2.58. The first-order valence-corrected chi connectivity index (χ1v) is 7.06. The number of nitrogens with zero attached hydrogens (tertiary/aromatic N) is 1. The molecule has 1 aromatic carbocycles. The molecule has 20 heavy (non-hydrogen) atoms. The average molecular weight is 276 g/mol. The molecule has 1 heterocycles. The summed E-state index contributed by atoms with van der Waals surface area (Å²) in [5.74, 6) is 1.05. The normalized spacial score (nSPS) is 20.4. The summed E-state index contributed by atoms with van der Waals surface area (Å²) >= 11 is 0. The molecule has 3 rings (SSSR count). The van der Waals surface area contributed by atoms with Gasteiger partial charge in [0.1, 0.15) is 11.4 Å². The number of hydrogen-bond acceptors (Lipinski definition) is 4. The Balaban J connectivity index is 1.41. The predicted octanol–water partition coefficient (Wildman–Crippen LogP) is 1.02. The molecule has 1 amide bonds. The number of nitrogen functional groups attached to an aromatic ring is 1. The molecule has 1 aliphatic carbocycles. The third-order valence-corrected chi connectivity index (χ3v) is 4.11. The van der Waals surface area contributed by atoms with Crippen LogP contribution in [0.2, 0.25) is 0 Å². The molecule has 1 aromatic rings. The molecule has 0 unspecified atom stereocenters. The zero-order valence-electron chi connectivity index (χ0n) is 11.4. The minimum Gasteiger partial charge on any atom is -0.491 e. The number of rotatable bonds is 5. The van der Waals surface area contributed by atoms with Gasteiger partial charge in [-0.2, -0.15) is 0 Å². The van der Waals surface area contributed by atoms with Crippen molar-refractivity contribution in [1.82, 2.24) is 4.90 Å². The van der Waals surface area contributed by atoms with E-state index < -0.39 is 5.60 Å². The maximum absolute atomic E-state index is 11.9. The van der Waals surface area contributed by atoms with Gasteiger partial charge in [-0.3, -0.25) is 4.79 Å². The maximum Gasteiger partial charge on any atom is 0.226 e. The van der Waals surface area contributed by atoms with Crippen molar-refractivity contribution in [3.05, 3.63) is 24.3 Å². The van der Waals surface area contributed by atoms with Crippen LogP contribution in [-0.2, 0) is 4.79 Å². The fourth-order valence-corrected chi connectivity index (χ4v) is 2.69. The molecule has 0 atom stereocenters. The van der Waals surface area contributed by atoms with Crippen molar-refractivity contribution in [2.45, 2.75) is 24.9 Å². The number of likely N-dealkylation sites (tertiary alicyclic amines) is 1. The summed E-state index contributed by atoms with van der Waals surface area (Å²) in [6, 6.07) is 7.24. The number of carbonyl (C=O) groups excluding carboxylic acids is 1. The molecule has 3 N–H and O–H groups in total. The fraction of sp³-hybridized carbons (Fsp3) is 0.533. The topological polar surface area (TPSA) is 75.8 Å². The van der Waals surface area contributed by atoms with E-state index in [1.54, 1.807) is 17.0 Å². The van der Waals surface area contributed by atoms with Gasteiger partial charge in [-0.15, -0.1) is 0 Å². The highest BCUT2D eigenvalue weighted by molar-refractivity contribution is 5.77. The molecule has 1 saturated carbocycles. The number of nitrogens with two attached hydrogens (primary N) is 1. The van der Waals surface area contributed by atoms with Gasteiger partial charge in [0.2, 0.25) is 5.91 Å². The third-order valence-electron chi connectivity index (χ3n) is 4.11. The molecule has 108 valence electrons. The highest BCUT2D eigenvalue weighted by Gasteiger charge is 2.52. The summed E-state index contributed by atoms with van der Waals surface area (Å²) in [6.07, 6.45) is 2.50. The van der Waals surface area contributed by atoms with E-state index in [9.17, 15) is 9.90 Å². The molecule has 1 saturated heterocycles. The number of aliphatic hydroxyl groups is 1. The van der Waals surface area contributed by atoms with Gasteiger partial charge in [0.05, 0.1) is 31.8 Å². The van der Waals surface area contributed by atoms with E-state index in [1.165, 1.54) is 0 Å². The van der Waals surface area contributed by atoms with Crippen molar-refractivity contribution < 1.29 is 14.6 Å². The summed E-state index contributed by atoms with van der Waals surface area (Å²) in [7, 11) is 0. The van der Waals surface area contributed by atoms with Crippen LogP contribution in [0.1, 0.15) is 19.3 Å². The first-order valence-electron chi connectivity index (χ1n) is 7.06. The van der Waals surface area contributed by atoms with Gasteiger partial charge in [-0.25, -0.2) is 0 Å². The Morgan fingerprint density at radius 3 is 2.75 bits per heavy atom. The predicted molar refractivity (Wildman–Crippen MR) is 75.2 cm³/mol. The van der Waals surface area contributed by atoms with Crippen LogP contribution in [0.25, 0.3) is 0 Å². The van der Waals surface area contributed by atoms with E-state index >= 15 is 0 Å². The summed E-state index contributed by atoms with van der Waals surface area (Å²) < 4.78 is 5.50. The highest BCUT2D eigenvalue weighted by atomic mass is 16.5. The van der Waals surface area contributed by atoms with E-state index in [2.05, 4.69) is 0 Å². The molecule has 2 fully saturated rings. The van der Waals surface area contributed by atoms with Gasteiger partial charge >= 0.3 is 0 Å². The minimum absolute atomic E-state index is 0.0322. The average Bonchev–Trinajstić information content (AvgIpc) is 3.21. The second-order valence-electron chi connectivity index (χ2n) is 5.76. The van der Waals surface area contributed by atoms with Crippen molar-refractivity contribution in [3.63, 3.8) is 0 Å². The molecule has 2 aliphatic rings. The maximum atomic E-state index is 11.9. The van der Waals surface area contributed by atoms with Gasteiger partial charge in [-0.1, -0.05) is 12.1 Å². The molecule has 1 aliphatic heterocycles. The lowest BCUT2D eigenvalue weighted by molar-refractivity contribution is -0.159. The van der Waals surface area contributed by atoms with Crippen LogP contribution < -0.4 is 10.5 Å².